The summed E-state index contributed by atoms with van der Waals surface area (Å²) in [5.41, 5.74) is 5.01. The molecule has 0 aliphatic carbocycles. The van der Waals surface area contributed by atoms with Crippen LogP contribution in [0.1, 0.15) is 23.7 Å². The van der Waals surface area contributed by atoms with Crippen LogP contribution in [0.5, 0.6) is 0 Å². The fourth-order valence-corrected chi connectivity index (χ4v) is 2.33. The predicted molar refractivity (Wildman–Crippen MR) is 78.0 cm³/mol. The summed E-state index contributed by atoms with van der Waals surface area (Å²) in [6, 6.07) is 3.06. The van der Waals surface area contributed by atoms with Gasteiger partial charge in [-0.05, 0) is 24.4 Å². The first kappa shape index (κ1) is 17.3. The van der Waals surface area contributed by atoms with E-state index in [1.165, 1.54) is 4.90 Å². The lowest BCUT2D eigenvalue weighted by atomic mass is 9.90. The van der Waals surface area contributed by atoms with Crippen LogP contribution in [0.15, 0.2) is 18.2 Å². The Hall–Kier alpha value is -1.73. The van der Waals surface area contributed by atoms with Crippen molar-refractivity contribution in [2.24, 2.45) is 11.1 Å². The van der Waals surface area contributed by atoms with E-state index >= 15 is 0 Å². The van der Waals surface area contributed by atoms with Gasteiger partial charge in [0, 0.05) is 19.2 Å². The number of hydrogen-bond acceptors (Lipinski definition) is 4. The van der Waals surface area contributed by atoms with E-state index in [4.69, 9.17) is 5.73 Å². The number of halogens is 2. The molecule has 0 saturated carbocycles. The normalized spacial score (nSPS) is 21.0. The number of nitrogens with zero attached hydrogens (tertiary/aromatic N) is 2. The third-order valence-electron chi connectivity index (χ3n) is 3.73. The number of carbonyl (C=O) groups is 1. The topological polar surface area (TPSA) is 89.5 Å². The highest BCUT2D eigenvalue weighted by atomic mass is 35.5. The Morgan fingerprint density at radius 3 is 2.71 bits per heavy atom. The number of amides is 1. The zero-order valence-corrected chi connectivity index (χ0v) is 12.4. The summed E-state index contributed by atoms with van der Waals surface area (Å²) in [5.74, 6) is -1.32. The first-order chi connectivity index (χ1) is 9.36. The SMILES string of the molecule is CC1(CN)CCN(C(=O)c2ccc([N+](=O)[O-])cc2F)C1.Cl. The van der Waals surface area contributed by atoms with Crippen molar-refractivity contribution in [2.75, 3.05) is 19.6 Å². The van der Waals surface area contributed by atoms with E-state index in [0.29, 0.717) is 19.6 Å². The van der Waals surface area contributed by atoms with E-state index in [1.807, 2.05) is 6.92 Å². The summed E-state index contributed by atoms with van der Waals surface area (Å²) in [7, 11) is 0. The first-order valence-electron chi connectivity index (χ1n) is 6.29. The molecular formula is C13H17ClFN3O3. The summed E-state index contributed by atoms with van der Waals surface area (Å²) in [5, 5.41) is 10.5. The Bertz CT molecular complexity index is 570. The second-order valence-corrected chi connectivity index (χ2v) is 5.41. The van der Waals surface area contributed by atoms with E-state index in [-0.39, 0.29) is 29.1 Å². The Morgan fingerprint density at radius 1 is 1.57 bits per heavy atom. The molecule has 2 rings (SSSR count). The summed E-state index contributed by atoms with van der Waals surface area (Å²) < 4.78 is 13.8. The molecule has 2 N–H and O–H groups in total. The van der Waals surface area contributed by atoms with Crippen molar-refractivity contribution < 1.29 is 14.1 Å². The number of non-ortho nitro benzene ring substituents is 1. The maximum absolute atomic E-state index is 13.8. The Kier molecular flexibility index (Phi) is 5.25. The van der Waals surface area contributed by atoms with Gasteiger partial charge in [0.15, 0.2) is 0 Å². The molecule has 8 heteroatoms. The standard InChI is InChI=1S/C13H16FN3O3.ClH/c1-13(7-15)4-5-16(8-13)12(18)10-3-2-9(17(19)20)6-11(10)14;/h2-3,6H,4-5,7-8,15H2,1H3;1H. The number of nitro groups is 1. The Morgan fingerprint density at radius 2 is 2.24 bits per heavy atom. The van der Waals surface area contributed by atoms with E-state index in [0.717, 1.165) is 24.6 Å². The molecule has 1 amide bonds. The van der Waals surface area contributed by atoms with Crippen LogP contribution in [-0.2, 0) is 0 Å². The monoisotopic (exact) mass is 317 g/mol. The van der Waals surface area contributed by atoms with Crippen molar-refractivity contribution >= 4 is 24.0 Å². The molecule has 1 aromatic carbocycles. The summed E-state index contributed by atoms with van der Waals surface area (Å²) in [6.45, 7) is 3.42. The van der Waals surface area contributed by atoms with Crippen LogP contribution in [0.3, 0.4) is 0 Å². The van der Waals surface area contributed by atoms with Crippen molar-refractivity contribution in [3.05, 3.63) is 39.7 Å². The maximum Gasteiger partial charge on any atom is 0.272 e. The number of nitro benzene ring substituents is 1. The molecular weight excluding hydrogens is 301 g/mol. The van der Waals surface area contributed by atoms with Crippen LogP contribution in [0.2, 0.25) is 0 Å². The molecule has 0 bridgehead atoms. The predicted octanol–water partition coefficient (Wildman–Crippen LogP) is 1.97. The van der Waals surface area contributed by atoms with Crippen molar-refractivity contribution in [1.29, 1.82) is 0 Å². The van der Waals surface area contributed by atoms with Gasteiger partial charge in [-0.3, -0.25) is 14.9 Å². The molecule has 1 aliphatic rings. The van der Waals surface area contributed by atoms with Crippen molar-refractivity contribution in [2.45, 2.75) is 13.3 Å². The lowest BCUT2D eigenvalue weighted by Gasteiger charge is -2.22. The van der Waals surface area contributed by atoms with Crippen LogP contribution < -0.4 is 5.73 Å². The molecule has 0 aromatic heterocycles. The average Bonchev–Trinajstić information content (AvgIpc) is 2.81. The van der Waals surface area contributed by atoms with Crippen LogP contribution in [0, 0.1) is 21.3 Å². The van der Waals surface area contributed by atoms with Crippen LogP contribution in [0.4, 0.5) is 10.1 Å². The Labute approximate surface area is 127 Å². The summed E-state index contributed by atoms with van der Waals surface area (Å²) in [4.78, 5) is 23.6. The van der Waals surface area contributed by atoms with Gasteiger partial charge in [-0.1, -0.05) is 6.92 Å². The van der Waals surface area contributed by atoms with Gasteiger partial charge in [0.05, 0.1) is 16.6 Å². The van der Waals surface area contributed by atoms with Gasteiger partial charge in [0.1, 0.15) is 5.82 Å². The molecule has 0 spiro atoms. The summed E-state index contributed by atoms with van der Waals surface area (Å²) >= 11 is 0. The zero-order chi connectivity index (χ0) is 14.9. The quantitative estimate of drug-likeness (QED) is 0.681. The number of carbonyl (C=O) groups excluding carboxylic acids is 1. The fraction of sp³-hybridized carbons (Fsp3) is 0.462. The largest absolute Gasteiger partial charge is 0.338 e. The van der Waals surface area contributed by atoms with E-state index in [1.54, 1.807) is 0 Å². The lowest BCUT2D eigenvalue weighted by Crippen LogP contribution is -2.34. The molecule has 1 aliphatic heterocycles. The van der Waals surface area contributed by atoms with Crippen LogP contribution in [0.25, 0.3) is 0 Å². The number of benzene rings is 1. The molecule has 1 fully saturated rings. The molecule has 116 valence electrons. The minimum atomic E-state index is -0.870. The second-order valence-electron chi connectivity index (χ2n) is 5.41. The molecule has 21 heavy (non-hydrogen) atoms. The molecule has 1 atom stereocenters. The lowest BCUT2D eigenvalue weighted by molar-refractivity contribution is -0.385. The Balaban J connectivity index is 0.00000220. The second kappa shape index (κ2) is 6.36. The van der Waals surface area contributed by atoms with E-state index in [9.17, 15) is 19.3 Å². The van der Waals surface area contributed by atoms with Gasteiger partial charge in [-0.2, -0.15) is 0 Å². The number of hydrogen-bond donors (Lipinski definition) is 1. The highest BCUT2D eigenvalue weighted by Crippen LogP contribution is 2.30. The van der Waals surface area contributed by atoms with Gasteiger partial charge in [-0.25, -0.2) is 4.39 Å². The van der Waals surface area contributed by atoms with Crippen molar-refractivity contribution in [1.82, 2.24) is 4.90 Å². The number of nitrogens with two attached hydrogens (primary N) is 1. The smallest absolute Gasteiger partial charge is 0.272 e. The van der Waals surface area contributed by atoms with Crippen molar-refractivity contribution in [3.8, 4) is 0 Å². The molecule has 0 radical (unpaired) electrons. The molecule has 1 saturated heterocycles. The molecule has 1 heterocycles. The average molecular weight is 318 g/mol. The van der Waals surface area contributed by atoms with Gasteiger partial charge in [0.2, 0.25) is 0 Å². The maximum atomic E-state index is 13.8. The highest BCUT2D eigenvalue weighted by Gasteiger charge is 2.36. The minimum absolute atomic E-state index is 0. The summed E-state index contributed by atoms with van der Waals surface area (Å²) in [6.07, 6.45) is 0.768. The molecule has 1 aromatic rings. The number of likely N-dealkylation sites (tertiary alicyclic amines) is 1. The van der Waals surface area contributed by atoms with Crippen LogP contribution >= 0.6 is 12.4 Å². The fourth-order valence-electron chi connectivity index (χ4n) is 2.33. The third-order valence-corrected chi connectivity index (χ3v) is 3.73. The minimum Gasteiger partial charge on any atom is -0.338 e. The van der Waals surface area contributed by atoms with E-state index < -0.39 is 16.6 Å². The van der Waals surface area contributed by atoms with Gasteiger partial charge in [-0.15, -0.1) is 12.4 Å². The van der Waals surface area contributed by atoms with Crippen molar-refractivity contribution in [3.63, 3.8) is 0 Å². The third kappa shape index (κ3) is 3.48. The molecule has 1 unspecified atom stereocenters. The molecule has 6 nitrogen and oxygen atoms in total. The van der Waals surface area contributed by atoms with Gasteiger partial charge < -0.3 is 10.6 Å². The first-order valence-corrected chi connectivity index (χ1v) is 6.29. The van der Waals surface area contributed by atoms with Gasteiger partial charge in [0.25, 0.3) is 11.6 Å². The van der Waals surface area contributed by atoms with Crippen LogP contribution in [-0.4, -0.2) is 35.4 Å². The van der Waals surface area contributed by atoms with E-state index in [2.05, 4.69) is 0 Å². The number of rotatable bonds is 3. The zero-order valence-electron chi connectivity index (χ0n) is 11.5. The highest BCUT2D eigenvalue weighted by molar-refractivity contribution is 5.95. The van der Waals surface area contributed by atoms with Gasteiger partial charge >= 0.3 is 0 Å².